The fourth-order valence-corrected chi connectivity index (χ4v) is 2.98. The van der Waals surface area contributed by atoms with Crippen molar-refractivity contribution in [1.29, 1.82) is 0 Å². The molecule has 1 aromatic heterocycles. The Hall–Kier alpha value is -3.02. The van der Waals surface area contributed by atoms with Crippen molar-refractivity contribution in [1.82, 2.24) is 4.90 Å². The molecule has 2 aromatic rings. The van der Waals surface area contributed by atoms with Crippen molar-refractivity contribution < 1.29 is 19.3 Å². The van der Waals surface area contributed by atoms with Crippen LogP contribution in [-0.2, 0) is 4.79 Å². The van der Waals surface area contributed by atoms with Gasteiger partial charge in [-0.3, -0.25) is 9.69 Å². The maximum atomic E-state index is 12.5. The molecular formula is C20H24N3O3+. The van der Waals surface area contributed by atoms with Gasteiger partial charge in [-0.25, -0.2) is 4.98 Å². The van der Waals surface area contributed by atoms with Gasteiger partial charge in [0.1, 0.15) is 24.6 Å². The van der Waals surface area contributed by atoms with Gasteiger partial charge < -0.3 is 14.4 Å². The van der Waals surface area contributed by atoms with E-state index in [2.05, 4.69) is 9.88 Å². The third kappa shape index (κ3) is 4.14. The van der Waals surface area contributed by atoms with Crippen molar-refractivity contribution in [2.75, 3.05) is 45.3 Å². The van der Waals surface area contributed by atoms with Crippen LogP contribution < -0.4 is 19.4 Å². The minimum absolute atomic E-state index is 0.00608. The molecule has 1 saturated heterocycles. The van der Waals surface area contributed by atoms with E-state index in [1.54, 1.807) is 26.4 Å². The number of nitrogens with one attached hydrogen (secondary N) is 1. The summed E-state index contributed by atoms with van der Waals surface area (Å²) >= 11 is 0. The maximum absolute atomic E-state index is 12.5. The monoisotopic (exact) mass is 354 g/mol. The van der Waals surface area contributed by atoms with Crippen molar-refractivity contribution in [3.63, 3.8) is 0 Å². The van der Waals surface area contributed by atoms with Crippen molar-refractivity contribution in [3.05, 3.63) is 54.2 Å². The zero-order valence-corrected chi connectivity index (χ0v) is 15.1. The SMILES string of the molecule is COc1ccc(OC)c(/C=C/C(=O)N2CCN(c3cccc[nH+]3)CC2)c1. The first-order valence-electron chi connectivity index (χ1n) is 8.62. The lowest BCUT2D eigenvalue weighted by atomic mass is 10.1. The van der Waals surface area contributed by atoms with E-state index in [0.29, 0.717) is 18.8 Å². The molecule has 1 fully saturated rings. The zero-order valence-electron chi connectivity index (χ0n) is 15.1. The molecule has 6 nitrogen and oxygen atoms in total. The number of nitrogens with zero attached hydrogens (tertiary/aromatic N) is 2. The molecule has 26 heavy (non-hydrogen) atoms. The second-order valence-corrected chi connectivity index (χ2v) is 6.00. The van der Waals surface area contributed by atoms with Gasteiger partial charge in [-0.15, -0.1) is 0 Å². The van der Waals surface area contributed by atoms with E-state index >= 15 is 0 Å². The van der Waals surface area contributed by atoms with Crippen LogP contribution in [0.3, 0.4) is 0 Å². The molecule has 0 spiro atoms. The standard InChI is InChI=1S/C20H23N3O3/c1-25-17-7-8-18(26-2)16(15-17)6-9-20(24)23-13-11-22(12-14-23)19-5-3-4-10-21-19/h3-10,15H,11-14H2,1-2H3/p+1/b9-6+. The van der Waals surface area contributed by atoms with Gasteiger partial charge in [0.15, 0.2) is 0 Å². The Kier molecular flexibility index (Phi) is 5.73. The number of rotatable bonds is 5. The Morgan fingerprint density at radius 3 is 2.54 bits per heavy atom. The van der Waals surface area contributed by atoms with Gasteiger partial charge in [-0.05, 0) is 30.3 Å². The number of aromatic nitrogens is 1. The van der Waals surface area contributed by atoms with E-state index < -0.39 is 0 Å². The summed E-state index contributed by atoms with van der Waals surface area (Å²) in [5.41, 5.74) is 0.817. The van der Waals surface area contributed by atoms with Crippen LogP contribution in [0.2, 0.25) is 0 Å². The molecule has 6 heteroatoms. The minimum Gasteiger partial charge on any atom is -0.497 e. The molecular weight excluding hydrogens is 330 g/mol. The molecule has 1 amide bonds. The largest absolute Gasteiger partial charge is 0.497 e. The summed E-state index contributed by atoms with van der Waals surface area (Å²) in [5.74, 6) is 2.52. The van der Waals surface area contributed by atoms with Crippen LogP contribution in [0.4, 0.5) is 5.82 Å². The number of anilines is 1. The molecule has 136 valence electrons. The summed E-state index contributed by atoms with van der Waals surface area (Å²) in [6.07, 6.45) is 5.29. The molecule has 0 saturated carbocycles. The highest BCUT2D eigenvalue weighted by molar-refractivity contribution is 5.92. The van der Waals surface area contributed by atoms with Crippen LogP contribution in [0, 0.1) is 0 Å². The average Bonchev–Trinajstić information content (AvgIpc) is 2.72. The Bertz CT molecular complexity index is 769. The summed E-state index contributed by atoms with van der Waals surface area (Å²) in [6, 6.07) is 11.5. The van der Waals surface area contributed by atoms with Crippen molar-refractivity contribution in [2.45, 2.75) is 0 Å². The molecule has 2 heterocycles. The Morgan fingerprint density at radius 2 is 1.88 bits per heavy atom. The van der Waals surface area contributed by atoms with Crippen molar-refractivity contribution >= 4 is 17.8 Å². The molecule has 1 aliphatic rings. The van der Waals surface area contributed by atoms with E-state index in [9.17, 15) is 4.79 Å². The van der Waals surface area contributed by atoms with Crippen LogP contribution in [-0.4, -0.2) is 51.2 Å². The number of H-pyrrole nitrogens is 1. The summed E-state index contributed by atoms with van der Waals surface area (Å²) in [7, 11) is 3.23. The summed E-state index contributed by atoms with van der Waals surface area (Å²) in [6.45, 7) is 3.01. The van der Waals surface area contributed by atoms with Gasteiger partial charge in [-0.1, -0.05) is 6.07 Å². The quantitative estimate of drug-likeness (QED) is 0.770. The van der Waals surface area contributed by atoms with Crippen LogP contribution >= 0.6 is 0 Å². The fourth-order valence-electron chi connectivity index (χ4n) is 2.98. The normalized spacial score (nSPS) is 14.5. The number of methoxy groups -OCH3 is 2. The Balaban J connectivity index is 1.62. The van der Waals surface area contributed by atoms with Gasteiger partial charge in [0.25, 0.3) is 5.82 Å². The highest BCUT2D eigenvalue weighted by Gasteiger charge is 2.24. The third-order valence-electron chi connectivity index (χ3n) is 4.47. The lowest BCUT2D eigenvalue weighted by molar-refractivity contribution is -0.364. The predicted octanol–water partition coefficient (Wildman–Crippen LogP) is 1.88. The van der Waals surface area contributed by atoms with E-state index in [1.165, 1.54) is 0 Å². The lowest BCUT2D eigenvalue weighted by Crippen LogP contribution is -2.49. The van der Waals surface area contributed by atoms with Gasteiger partial charge in [0.2, 0.25) is 5.91 Å². The number of benzene rings is 1. The molecule has 0 bridgehead atoms. The van der Waals surface area contributed by atoms with E-state index in [1.807, 2.05) is 47.5 Å². The number of pyridine rings is 1. The van der Waals surface area contributed by atoms with Crippen LogP contribution in [0.1, 0.15) is 5.56 Å². The number of carbonyl (C=O) groups is 1. The summed E-state index contributed by atoms with van der Waals surface area (Å²) < 4.78 is 10.6. The predicted molar refractivity (Wildman–Crippen MR) is 100 cm³/mol. The topological polar surface area (TPSA) is 56.2 Å². The molecule has 0 aliphatic carbocycles. The molecule has 1 aromatic carbocycles. The highest BCUT2D eigenvalue weighted by Crippen LogP contribution is 2.25. The van der Waals surface area contributed by atoms with Crippen LogP contribution in [0.25, 0.3) is 6.08 Å². The van der Waals surface area contributed by atoms with Gasteiger partial charge in [0.05, 0.1) is 33.5 Å². The summed E-state index contributed by atoms with van der Waals surface area (Å²) in [5, 5.41) is 0. The van der Waals surface area contributed by atoms with Crippen LogP contribution in [0.15, 0.2) is 48.7 Å². The van der Waals surface area contributed by atoms with E-state index in [0.717, 1.165) is 30.2 Å². The van der Waals surface area contributed by atoms with Crippen molar-refractivity contribution in [2.24, 2.45) is 0 Å². The minimum atomic E-state index is 0.00608. The number of ether oxygens (including phenoxy) is 2. The van der Waals surface area contributed by atoms with Gasteiger partial charge in [0, 0.05) is 17.7 Å². The number of carbonyl (C=O) groups excluding carboxylic acids is 1. The molecule has 0 radical (unpaired) electrons. The number of hydrogen-bond donors (Lipinski definition) is 0. The van der Waals surface area contributed by atoms with Crippen LogP contribution in [0.5, 0.6) is 11.5 Å². The average molecular weight is 354 g/mol. The van der Waals surface area contributed by atoms with Gasteiger partial charge in [-0.2, -0.15) is 0 Å². The van der Waals surface area contributed by atoms with E-state index in [4.69, 9.17) is 9.47 Å². The van der Waals surface area contributed by atoms with Crippen molar-refractivity contribution in [3.8, 4) is 11.5 Å². The maximum Gasteiger partial charge on any atom is 0.274 e. The Morgan fingerprint density at radius 1 is 1.08 bits per heavy atom. The zero-order chi connectivity index (χ0) is 18.4. The molecule has 1 aliphatic heterocycles. The first-order valence-corrected chi connectivity index (χ1v) is 8.62. The smallest absolute Gasteiger partial charge is 0.274 e. The lowest BCUT2D eigenvalue weighted by Gasteiger charge is -2.30. The molecule has 0 unspecified atom stereocenters. The molecule has 3 rings (SSSR count). The number of piperazine rings is 1. The highest BCUT2D eigenvalue weighted by atomic mass is 16.5. The fraction of sp³-hybridized carbons (Fsp3) is 0.300. The molecule has 1 N–H and O–H groups in total. The third-order valence-corrected chi connectivity index (χ3v) is 4.47. The number of hydrogen-bond acceptors (Lipinski definition) is 4. The first-order chi connectivity index (χ1) is 12.7. The second kappa shape index (κ2) is 8.38. The second-order valence-electron chi connectivity index (χ2n) is 6.00. The first kappa shape index (κ1) is 17.8. The summed E-state index contributed by atoms with van der Waals surface area (Å²) in [4.78, 5) is 19.9. The van der Waals surface area contributed by atoms with E-state index in [-0.39, 0.29) is 5.91 Å². The number of amides is 1. The van der Waals surface area contributed by atoms with Gasteiger partial charge >= 0.3 is 0 Å². The molecule has 0 atom stereocenters. The number of aromatic amines is 1. The Labute approximate surface area is 153 Å².